The largest absolute Gasteiger partial charge is 0.490 e. The maximum absolute atomic E-state index is 12.9. The Bertz CT molecular complexity index is 825. The minimum Gasteiger partial charge on any atom is -0.490 e. The molecule has 1 heterocycles. The molecule has 1 N–H and O–H groups in total. The molecule has 0 fully saturated rings. The van der Waals surface area contributed by atoms with E-state index in [-0.39, 0.29) is 17.9 Å². The Balaban J connectivity index is 1.86. The monoisotopic (exact) mass is 405 g/mol. The van der Waals surface area contributed by atoms with Crippen molar-refractivity contribution in [2.24, 2.45) is 5.92 Å². The lowest BCUT2D eigenvalue weighted by Crippen LogP contribution is -2.32. The van der Waals surface area contributed by atoms with E-state index >= 15 is 0 Å². The Hall–Kier alpha value is -1.85. The fraction of sp³-hybridized carbons (Fsp3) is 0.381. The van der Waals surface area contributed by atoms with Gasteiger partial charge in [0.15, 0.2) is 11.5 Å². The Labute approximate surface area is 169 Å². The normalized spacial score (nSPS) is 14.6. The molecule has 4 nitrogen and oxygen atoms in total. The lowest BCUT2D eigenvalue weighted by Gasteiger charge is -2.24. The van der Waals surface area contributed by atoms with Crippen LogP contribution in [0.4, 0.5) is 0 Å². The number of benzene rings is 2. The molecule has 3 rings (SSSR count). The van der Waals surface area contributed by atoms with Gasteiger partial charge in [0.1, 0.15) is 0 Å². The van der Waals surface area contributed by atoms with Crippen molar-refractivity contribution in [3.05, 3.63) is 52.5 Å². The lowest BCUT2D eigenvalue weighted by molar-refractivity contribution is 0.0925. The van der Waals surface area contributed by atoms with Crippen LogP contribution in [0.25, 0.3) is 0 Å². The average molecular weight is 406 g/mol. The molecular formula is C21H24ClNO3S. The average Bonchev–Trinajstić information content (AvgIpc) is 2.90. The summed E-state index contributed by atoms with van der Waals surface area (Å²) >= 11 is 7.84. The number of nitrogens with one attached hydrogen (secondary N) is 1. The zero-order chi connectivity index (χ0) is 19.4. The molecule has 1 atom stereocenters. The molecule has 0 saturated carbocycles. The van der Waals surface area contributed by atoms with E-state index in [0.717, 1.165) is 28.4 Å². The van der Waals surface area contributed by atoms with E-state index in [0.29, 0.717) is 23.8 Å². The van der Waals surface area contributed by atoms with Gasteiger partial charge in [0, 0.05) is 11.3 Å². The third-order valence-corrected chi connectivity index (χ3v) is 5.56. The summed E-state index contributed by atoms with van der Waals surface area (Å²) in [5, 5.41) is 3.59. The SMILES string of the molecule is CSc1ccc(Cl)c(C(=O)N[C@@H](c2ccc3c(c2)OCCCO3)C(C)C)c1. The van der Waals surface area contributed by atoms with Gasteiger partial charge in [-0.15, -0.1) is 11.8 Å². The quantitative estimate of drug-likeness (QED) is 0.681. The summed E-state index contributed by atoms with van der Waals surface area (Å²) in [5.41, 5.74) is 1.48. The van der Waals surface area contributed by atoms with E-state index in [9.17, 15) is 4.79 Å². The minimum atomic E-state index is -0.179. The summed E-state index contributed by atoms with van der Waals surface area (Å²) in [6, 6.07) is 11.2. The van der Waals surface area contributed by atoms with Crippen molar-refractivity contribution in [1.82, 2.24) is 5.32 Å². The van der Waals surface area contributed by atoms with Crippen LogP contribution in [0.2, 0.25) is 5.02 Å². The number of rotatable bonds is 5. The number of carbonyl (C=O) groups is 1. The fourth-order valence-electron chi connectivity index (χ4n) is 3.03. The second kappa shape index (κ2) is 8.89. The molecule has 144 valence electrons. The van der Waals surface area contributed by atoms with Crippen molar-refractivity contribution >= 4 is 29.3 Å². The molecular weight excluding hydrogens is 382 g/mol. The zero-order valence-electron chi connectivity index (χ0n) is 15.8. The highest BCUT2D eigenvalue weighted by Gasteiger charge is 2.23. The highest BCUT2D eigenvalue weighted by atomic mass is 35.5. The summed E-state index contributed by atoms with van der Waals surface area (Å²) in [5.74, 6) is 1.50. The van der Waals surface area contributed by atoms with Gasteiger partial charge in [-0.25, -0.2) is 0 Å². The van der Waals surface area contributed by atoms with Gasteiger partial charge in [0.25, 0.3) is 5.91 Å². The van der Waals surface area contributed by atoms with Crippen molar-refractivity contribution < 1.29 is 14.3 Å². The van der Waals surface area contributed by atoms with Crippen molar-refractivity contribution in [3.63, 3.8) is 0 Å². The molecule has 0 aromatic heterocycles. The first-order chi connectivity index (χ1) is 13.0. The van der Waals surface area contributed by atoms with Crippen molar-refractivity contribution in [1.29, 1.82) is 0 Å². The first kappa shape index (κ1) is 19.9. The Morgan fingerprint density at radius 3 is 2.56 bits per heavy atom. The third kappa shape index (κ3) is 4.71. The van der Waals surface area contributed by atoms with Gasteiger partial charge in [-0.2, -0.15) is 0 Å². The zero-order valence-corrected chi connectivity index (χ0v) is 17.3. The van der Waals surface area contributed by atoms with E-state index in [1.807, 2.05) is 36.6 Å². The molecule has 1 aliphatic rings. The van der Waals surface area contributed by atoms with Crippen LogP contribution in [0, 0.1) is 5.92 Å². The van der Waals surface area contributed by atoms with Gasteiger partial charge in [0.2, 0.25) is 0 Å². The number of thioether (sulfide) groups is 1. The summed E-state index contributed by atoms with van der Waals surface area (Å²) in [6.07, 6.45) is 2.83. The molecule has 1 amide bonds. The van der Waals surface area contributed by atoms with Gasteiger partial charge in [0.05, 0.1) is 29.8 Å². The van der Waals surface area contributed by atoms with E-state index in [1.165, 1.54) is 0 Å². The van der Waals surface area contributed by atoms with Crippen LogP contribution in [0.5, 0.6) is 11.5 Å². The highest BCUT2D eigenvalue weighted by molar-refractivity contribution is 7.98. The molecule has 0 bridgehead atoms. The maximum atomic E-state index is 12.9. The Morgan fingerprint density at radius 1 is 1.11 bits per heavy atom. The minimum absolute atomic E-state index is 0.163. The number of ether oxygens (including phenoxy) is 2. The van der Waals surface area contributed by atoms with Gasteiger partial charge >= 0.3 is 0 Å². The molecule has 6 heteroatoms. The highest BCUT2D eigenvalue weighted by Crippen LogP contribution is 2.34. The van der Waals surface area contributed by atoms with Crippen LogP contribution in [0.1, 0.15) is 42.2 Å². The number of hydrogen-bond acceptors (Lipinski definition) is 4. The van der Waals surface area contributed by atoms with Crippen molar-refractivity contribution in [2.45, 2.75) is 31.2 Å². The summed E-state index contributed by atoms with van der Waals surface area (Å²) in [7, 11) is 0. The second-order valence-electron chi connectivity index (χ2n) is 6.80. The van der Waals surface area contributed by atoms with Crippen LogP contribution in [0.15, 0.2) is 41.3 Å². The van der Waals surface area contributed by atoms with Gasteiger partial charge in [-0.3, -0.25) is 4.79 Å². The second-order valence-corrected chi connectivity index (χ2v) is 8.08. The molecule has 0 aliphatic carbocycles. The first-order valence-electron chi connectivity index (χ1n) is 9.03. The lowest BCUT2D eigenvalue weighted by atomic mass is 9.95. The number of fused-ring (bicyclic) bond motifs is 1. The smallest absolute Gasteiger partial charge is 0.253 e. The summed E-state index contributed by atoms with van der Waals surface area (Å²) in [4.78, 5) is 13.9. The van der Waals surface area contributed by atoms with Crippen LogP contribution >= 0.6 is 23.4 Å². The number of hydrogen-bond donors (Lipinski definition) is 1. The van der Waals surface area contributed by atoms with Crippen LogP contribution in [-0.4, -0.2) is 25.4 Å². The Morgan fingerprint density at radius 2 is 1.85 bits per heavy atom. The predicted octanol–water partition coefficient (Wildman–Crippen LogP) is 5.35. The molecule has 27 heavy (non-hydrogen) atoms. The molecule has 1 aliphatic heterocycles. The van der Waals surface area contributed by atoms with E-state index in [2.05, 4.69) is 19.2 Å². The maximum Gasteiger partial charge on any atom is 0.253 e. The van der Waals surface area contributed by atoms with E-state index < -0.39 is 0 Å². The summed E-state index contributed by atoms with van der Waals surface area (Å²) in [6.45, 7) is 5.44. The molecule has 0 spiro atoms. The number of carbonyl (C=O) groups excluding carboxylic acids is 1. The predicted molar refractivity (Wildman–Crippen MR) is 110 cm³/mol. The van der Waals surface area contributed by atoms with Crippen molar-refractivity contribution in [2.75, 3.05) is 19.5 Å². The van der Waals surface area contributed by atoms with Crippen LogP contribution < -0.4 is 14.8 Å². The topological polar surface area (TPSA) is 47.6 Å². The number of halogens is 1. The molecule has 2 aromatic carbocycles. The molecule has 0 saturated heterocycles. The molecule has 2 aromatic rings. The van der Waals surface area contributed by atoms with E-state index in [1.54, 1.807) is 17.8 Å². The molecule has 0 unspecified atom stereocenters. The standard InChI is InChI=1S/C21H24ClNO3S/c1-13(2)20(14-5-8-18-19(11-14)26-10-4-9-25-18)23-21(24)16-12-15(27-3)6-7-17(16)22/h5-8,11-13,20H,4,9-10H2,1-3H3,(H,23,24)/t20-/m1/s1. The fourth-order valence-corrected chi connectivity index (χ4v) is 3.68. The molecule has 0 radical (unpaired) electrons. The number of amides is 1. The Kier molecular flexibility index (Phi) is 6.55. The summed E-state index contributed by atoms with van der Waals surface area (Å²) < 4.78 is 11.5. The van der Waals surface area contributed by atoms with Gasteiger partial charge < -0.3 is 14.8 Å². The van der Waals surface area contributed by atoms with Crippen LogP contribution in [0.3, 0.4) is 0 Å². The van der Waals surface area contributed by atoms with Gasteiger partial charge in [-0.05, 0) is 48.1 Å². The third-order valence-electron chi connectivity index (χ3n) is 4.50. The van der Waals surface area contributed by atoms with Crippen LogP contribution in [-0.2, 0) is 0 Å². The first-order valence-corrected chi connectivity index (χ1v) is 10.6. The van der Waals surface area contributed by atoms with Crippen molar-refractivity contribution in [3.8, 4) is 11.5 Å². The van der Waals surface area contributed by atoms with Gasteiger partial charge in [-0.1, -0.05) is 31.5 Å². The van der Waals surface area contributed by atoms with E-state index in [4.69, 9.17) is 21.1 Å².